The Labute approximate surface area is 166 Å². The van der Waals surface area contributed by atoms with Crippen molar-refractivity contribution < 1.29 is 4.79 Å². The van der Waals surface area contributed by atoms with Crippen LogP contribution in [0, 0.1) is 0 Å². The summed E-state index contributed by atoms with van der Waals surface area (Å²) in [5.41, 5.74) is 0.569. The number of hydrogen-bond donors (Lipinski definition) is 1. The second-order valence-corrected chi connectivity index (χ2v) is 7.74. The molecule has 2 nitrogen and oxygen atoms in total. The Kier molecular flexibility index (Phi) is 14.3. The van der Waals surface area contributed by atoms with Crippen molar-refractivity contribution in [3.05, 3.63) is 34.9 Å². The van der Waals surface area contributed by atoms with Crippen LogP contribution in [0.15, 0.2) is 24.3 Å². The summed E-state index contributed by atoms with van der Waals surface area (Å²) in [5.74, 6) is -0.0645. The van der Waals surface area contributed by atoms with E-state index in [2.05, 4.69) is 12.2 Å². The van der Waals surface area contributed by atoms with E-state index in [1.807, 2.05) is 12.1 Å². The highest BCUT2D eigenvalue weighted by Crippen LogP contribution is 2.15. The molecule has 1 aromatic rings. The summed E-state index contributed by atoms with van der Waals surface area (Å²) in [5, 5.41) is 3.48. The highest BCUT2D eigenvalue weighted by atomic mass is 35.5. The number of hydrogen-bond acceptors (Lipinski definition) is 1. The first-order valence-corrected chi connectivity index (χ1v) is 11.2. The molecule has 0 bridgehead atoms. The minimum absolute atomic E-state index is 0.0645. The van der Waals surface area contributed by atoms with E-state index in [1.54, 1.807) is 12.1 Å². The molecule has 0 radical (unpaired) electrons. The lowest BCUT2D eigenvalue weighted by molar-refractivity contribution is 0.0953. The number of amides is 1. The Bertz CT molecular complexity index is 475. The highest BCUT2D eigenvalue weighted by molar-refractivity contribution is 6.33. The Morgan fingerprint density at radius 1 is 0.769 bits per heavy atom. The molecule has 0 saturated heterocycles. The van der Waals surface area contributed by atoms with Gasteiger partial charge in [-0.3, -0.25) is 4.79 Å². The van der Waals surface area contributed by atoms with Crippen LogP contribution in [0.25, 0.3) is 0 Å². The molecule has 0 atom stereocenters. The molecule has 0 aliphatic heterocycles. The van der Waals surface area contributed by atoms with Crippen molar-refractivity contribution in [2.24, 2.45) is 0 Å². The lowest BCUT2D eigenvalue weighted by Crippen LogP contribution is -2.24. The molecule has 26 heavy (non-hydrogen) atoms. The predicted octanol–water partition coefficient (Wildman–Crippen LogP) is 7.55. The molecule has 0 aliphatic rings. The van der Waals surface area contributed by atoms with Crippen LogP contribution in [0.4, 0.5) is 0 Å². The summed E-state index contributed by atoms with van der Waals surface area (Å²) in [6.45, 7) is 3.01. The molecule has 0 fully saturated rings. The van der Waals surface area contributed by atoms with Crippen LogP contribution < -0.4 is 5.32 Å². The van der Waals surface area contributed by atoms with Gasteiger partial charge in [0, 0.05) is 6.54 Å². The van der Waals surface area contributed by atoms with Gasteiger partial charge in [0.2, 0.25) is 0 Å². The maximum absolute atomic E-state index is 12.0. The van der Waals surface area contributed by atoms with Crippen LogP contribution in [0.5, 0.6) is 0 Å². The first-order chi connectivity index (χ1) is 12.8. The molecule has 0 aliphatic carbocycles. The van der Waals surface area contributed by atoms with E-state index in [1.165, 1.54) is 83.5 Å². The van der Waals surface area contributed by atoms with Gasteiger partial charge in [0.05, 0.1) is 10.6 Å². The van der Waals surface area contributed by atoms with Gasteiger partial charge in [-0.25, -0.2) is 0 Å². The zero-order valence-electron chi connectivity index (χ0n) is 16.7. The van der Waals surface area contributed by atoms with E-state index in [0.717, 1.165) is 13.0 Å². The first-order valence-electron chi connectivity index (χ1n) is 10.8. The van der Waals surface area contributed by atoms with Crippen molar-refractivity contribution in [2.75, 3.05) is 6.54 Å². The quantitative estimate of drug-likeness (QED) is 0.295. The summed E-state index contributed by atoms with van der Waals surface area (Å²) in [6.07, 6.45) is 18.9. The van der Waals surface area contributed by atoms with E-state index in [4.69, 9.17) is 11.6 Å². The number of unbranched alkanes of at least 4 members (excludes halogenated alkanes) is 13. The van der Waals surface area contributed by atoms with E-state index >= 15 is 0 Å². The second kappa shape index (κ2) is 16.2. The summed E-state index contributed by atoms with van der Waals surface area (Å²) in [6, 6.07) is 7.20. The average molecular weight is 380 g/mol. The van der Waals surface area contributed by atoms with Gasteiger partial charge in [0.15, 0.2) is 0 Å². The maximum atomic E-state index is 12.0. The Morgan fingerprint density at radius 3 is 1.73 bits per heavy atom. The van der Waals surface area contributed by atoms with Gasteiger partial charge in [0.1, 0.15) is 0 Å². The fourth-order valence-electron chi connectivity index (χ4n) is 3.26. The van der Waals surface area contributed by atoms with Gasteiger partial charge in [-0.05, 0) is 18.6 Å². The van der Waals surface area contributed by atoms with Crippen LogP contribution >= 0.6 is 11.6 Å². The number of benzene rings is 1. The SMILES string of the molecule is CCCCCCCCCCCCCCCCNC(=O)c1ccccc1Cl. The van der Waals surface area contributed by atoms with Gasteiger partial charge in [-0.2, -0.15) is 0 Å². The Balaban J connectivity index is 1.84. The van der Waals surface area contributed by atoms with Gasteiger partial charge in [-0.1, -0.05) is 114 Å². The molecule has 1 aromatic carbocycles. The van der Waals surface area contributed by atoms with Crippen LogP contribution in [0.1, 0.15) is 107 Å². The predicted molar refractivity (Wildman–Crippen MR) is 114 cm³/mol. The molecule has 0 unspecified atom stereocenters. The van der Waals surface area contributed by atoms with Crippen molar-refractivity contribution in [3.8, 4) is 0 Å². The first kappa shape index (κ1) is 23.0. The minimum Gasteiger partial charge on any atom is -0.352 e. The molecule has 0 aromatic heterocycles. The molecule has 0 spiro atoms. The van der Waals surface area contributed by atoms with Crippen molar-refractivity contribution in [2.45, 2.75) is 96.8 Å². The number of halogens is 1. The Morgan fingerprint density at radius 2 is 1.23 bits per heavy atom. The summed E-state index contributed by atoms with van der Waals surface area (Å²) in [4.78, 5) is 12.0. The molecule has 1 N–H and O–H groups in total. The van der Waals surface area contributed by atoms with Gasteiger partial charge < -0.3 is 5.32 Å². The monoisotopic (exact) mass is 379 g/mol. The van der Waals surface area contributed by atoms with Crippen LogP contribution in [0.3, 0.4) is 0 Å². The van der Waals surface area contributed by atoms with Crippen LogP contribution in [-0.2, 0) is 0 Å². The minimum atomic E-state index is -0.0645. The molecular weight excluding hydrogens is 342 g/mol. The van der Waals surface area contributed by atoms with Gasteiger partial charge in [0.25, 0.3) is 5.91 Å². The third-order valence-electron chi connectivity index (χ3n) is 4.93. The zero-order valence-corrected chi connectivity index (χ0v) is 17.5. The molecule has 148 valence electrons. The number of rotatable bonds is 16. The van der Waals surface area contributed by atoms with Crippen LogP contribution in [0.2, 0.25) is 5.02 Å². The van der Waals surface area contributed by atoms with Gasteiger partial charge in [-0.15, -0.1) is 0 Å². The van der Waals surface area contributed by atoms with E-state index in [-0.39, 0.29) is 5.91 Å². The molecular formula is C23H38ClNO. The molecule has 0 heterocycles. The number of nitrogens with one attached hydrogen (secondary N) is 1. The topological polar surface area (TPSA) is 29.1 Å². The molecule has 0 saturated carbocycles. The number of carbonyl (C=O) groups excluding carboxylic acids is 1. The van der Waals surface area contributed by atoms with E-state index < -0.39 is 0 Å². The summed E-state index contributed by atoms with van der Waals surface area (Å²) >= 11 is 6.03. The zero-order chi connectivity index (χ0) is 18.9. The van der Waals surface area contributed by atoms with Crippen molar-refractivity contribution >= 4 is 17.5 Å². The standard InChI is InChI=1S/C23H38ClNO/c1-2-3-4-5-6-7-8-9-10-11-12-13-14-17-20-25-23(26)21-18-15-16-19-22(21)24/h15-16,18-19H,2-14,17,20H2,1H3,(H,25,26). The Hall–Kier alpha value is -1.02. The lowest BCUT2D eigenvalue weighted by atomic mass is 10.0. The summed E-state index contributed by atoms with van der Waals surface area (Å²) < 4.78 is 0. The average Bonchev–Trinajstić information content (AvgIpc) is 2.65. The summed E-state index contributed by atoms with van der Waals surface area (Å²) in [7, 11) is 0. The highest BCUT2D eigenvalue weighted by Gasteiger charge is 2.07. The third kappa shape index (κ3) is 11.6. The smallest absolute Gasteiger partial charge is 0.252 e. The molecule has 3 heteroatoms. The van der Waals surface area contributed by atoms with Crippen LogP contribution in [-0.4, -0.2) is 12.5 Å². The molecule has 1 amide bonds. The normalized spacial score (nSPS) is 10.8. The van der Waals surface area contributed by atoms with Crippen molar-refractivity contribution in [3.63, 3.8) is 0 Å². The fraction of sp³-hybridized carbons (Fsp3) is 0.696. The maximum Gasteiger partial charge on any atom is 0.252 e. The lowest BCUT2D eigenvalue weighted by Gasteiger charge is -2.06. The van der Waals surface area contributed by atoms with Gasteiger partial charge >= 0.3 is 0 Å². The number of carbonyl (C=O) groups is 1. The third-order valence-corrected chi connectivity index (χ3v) is 5.26. The fourth-order valence-corrected chi connectivity index (χ4v) is 3.48. The van der Waals surface area contributed by atoms with E-state index in [9.17, 15) is 4.79 Å². The van der Waals surface area contributed by atoms with Crippen molar-refractivity contribution in [1.82, 2.24) is 5.32 Å². The van der Waals surface area contributed by atoms with Crippen molar-refractivity contribution in [1.29, 1.82) is 0 Å². The largest absolute Gasteiger partial charge is 0.352 e. The second-order valence-electron chi connectivity index (χ2n) is 7.33. The molecule has 1 rings (SSSR count). The van der Waals surface area contributed by atoms with E-state index in [0.29, 0.717) is 10.6 Å².